The predicted molar refractivity (Wildman–Crippen MR) is 200 cm³/mol. The molecule has 0 saturated heterocycles. The topological polar surface area (TPSA) is 51.5 Å². The molecule has 3 heterocycles. The highest BCUT2D eigenvalue weighted by Gasteiger charge is 2.37. The molecule has 0 N–H and O–H groups in total. The molecule has 0 fully saturated rings. The van der Waals surface area contributed by atoms with Crippen LogP contribution in [0.15, 0.2) is 123 Å². The summed E-state index contributed by atoms with van der Waals surface area (Å²) in [7, 11) is 0. The quantitative estimate of drug-likeness (QED) is 0.208. The van der Waals surface area contributed by atoms with Gasteiger partial charge in [-0.3, -0.25) is 14.2 Å². The molecule has 0 radical (unpaired) electrons. The summed E-state index contributed by atoms with van der Waals surface area (Å²) < 4.78 is 9.29. The molecule has 48 heavy (non-hydrogen) atoms. The third-order valence-corrected chi connectivity index (χ3v) is 11.5. The molecule has 242 valence electrons. The van der Waals surface area contributed by atoms with Gasteiger partial charge in [0.1, 0.15) is 20.7 Å². The van der Waals surface area contributed by atoms with Gasteiger partial charge in [0.05, 0.1) is 0 Å². The number of anilines is 1. The van der Waals surface area contributed by atoms with Gasteiger partial charge in [0.25, 0.3) is 5.56 Å². The Hall–Kier alpha value is -4.59. The minimum absolute atomic E-state index is 0.0139. The van der Waals surface area contributed by atoms with E-state index in [9.17, 15) is 9.59 Å². The number of thioether (sulfide) groups is 1. The molecular formula is C41H38N2O3S2. The number of rotatable bonds is 6. The van der Waals surface area contributed by atoms with Crippen molar-refractivity contribution in [1.82, 2.24) is 4.57 Å². The largest absolute Gasteiger partial charge is 0.462 e. The number of nitrogens with zero attached hydrogens (tertiary/aromatic N) is 2. The number of thiazole rings is 1. The van der Waals surface area contributed by atoms with Crippen molar-refractivity contribution in [1.29, 1.82) is 0 Å². The van der Waals surface area contributed by atoms with Gasteiger partial charge < -0.3 is 9.64 Å². The van der Waals surface area contributed by atoms with Crippen molar-refractivity contribution in [3.05, 3.63) is 155 Å². The normalized spacial score (nSPS) is 20.1. The Morgan fingerprint density at radius 2 is 1.62 bits per heavy atom. The van der Waals surface area contributed by atoms with Crippen LogP contribution < -0.4 is 19.7 Å². The molecule has 5 nitrogen and oxygen atoms in total. The molecule has 3 aliphatic rings. The van der Waals surface area contributed by atoms with Crippen LogP contribution in [0.25, 0.3) is 16.7 Å². The molecule has 4 aromatic rings. The summed E-state index contributed by atoms with van der Waals surface area (Å²) in [6.07, 6.45) is 8.12. The molecule has 7 heteroatoms. The van der Waals surface area contributed by atoms with Gasteiger partial charge in [-0.05, 0) is 93.3 Å². The maximum atomic E-state index is 14.1. The summed E-state index contributed by atoms with van der Waals surface area (Å²) in [5, 5.41) is 0. The minimum atomic E-state index is -0.241. The second kappa shape index (κ2) is 13.1. The van der Waals surface area contributed by atoms with Gasteiger partial charge in [-0.1, -0.05) is 72.4 Å². The first-order valence-corrected chi connectivity index (χ1v) is 18.2. The third kappa shape index (κ3) is 5.65. The number of ketones is 1. The van der Waals surface area contributed by atoms with Crippen LogP contribution in [0.3, 0.4) is 0 Å². The van der Waals surface area contributed by atoms with E-state index in [0.29, 0.717) is 38.4 Å². The van der Waals surface area contributed by atoms with E-state index in [2.05, 4.69) is 68.2 Å². The minimum Gasteiger partial charge on any atom is -0.462 e. The molecule has 0 amide bonds. The van der Waals surface area contributed by atoms with Gasteiger partial charge in [0.15, 0.2) is 5.78 Å². The highest BCUT2D eigenvalue weighted by Crippen LogP contribution is 2.43. The molecule has 1 aromatic heterocycles. The van der Waals surface area contributed by atoms with Crippen molar-refractivity contribution in [3.63, 3.8) is 0 Å². The molecular weight excluding hydrogens is 633 g/mol. The summed E-state index contributed by atoms with van der Waals surface area (Å²) in [6, 6.07) is 24.6. The lowest BCUT2D eigenvalue weighted by Crippen LogP contribution is -2.33. The Labute approximate surface area is 289 Å². The number of ether oxygens (including phenoxy) is 1. The van der Waals surface area contributed by atoms with Gasteiger partial charge in [0.2, 0.25) is 0 Å². The number of carbonyl (C=O) groups excluding carboxylic acids is 1. The average molecular weight is 671 g/mol. The number of aromatic nitrogens is 1. The molecule has 2 aliphatic heterocycles. The average Bonchev–Trinajstić information content (AvgIpc) is 3.58. The number of benzene rings is 3. The van der Waals surface area contributed by atoms with Gasteiger partial charge >= 0.3 is 0 Å². The van der Waals surface area contributed by atoms with E-state index in [1.165, 1.54) is 33.1 Å². The first-order valence-electron chi connectivity index (χ1n) is 16.5. The molecule has 0 saturated carbocycles. The van der Waals surface area contributed by atoms with E-state index in [1.807, 2.05) is 68.5 Å². The second-order valence-corrected chi connectivity index (χ2v) is 14.3. The zero-order valence-corrected chi connectivity index (χ0v) is 29.5. The SMILES string of the molecule is CCN(CC)c1ccc2c(c1)S/C(=C/C1=CC(=c3\s/c(=C4/C(=O)c5ccccc5C4c4ccccc4)n(CC)c3=O)/C=C(C)O1)C=C2C. The number of Topliss-reactive ketones (excluding diaryl/α,β-unsaturated/α-hetero) is 1. The number of fused-ring (bicyclic) bond motifs is 2. The first-order chi connectivity index (χ1) is 23.3. The number of hydrogen-bond donors (Lipinski definition) is 0. The molecule has 1 unspecified atom stereocenters. The zero-order valence-electron chi connectivity index (χ0n) is 27.9. The van der Waals surface area contributed by atoms with Crippen molar-refractivity contribution in [2.45, 2.75) is 52.0 Å². The van der Waals surface area contributed by atoms with E-state index < -0.39 is 0 Å². The Morgan fingerprint density at radius 3 is 2.38 bits per heavy atom. The maximum absolute atomic E-state index is 14.1. The Balaban J connectivity index is 1.36. The third-order valence-electron chi connectivity index (χ3n) is 9.20. The van der Waals surface area contributed by atoms with Gasteiger partial charge in [0, 0.05) is 57.7 Å². The molecule has 3 aromatic carbocycles. The Morgan fingerprint density at radius 1 is 0.875 bits per heavy atom. The van der Waals surface area contributed by atoms with Gasteiger partial charge in [-0.15, -0.1) is 11.3 Å². The summed E-state index contributed by atoms with van der Waals surface area (Å²) in [4.78, 5) is 32.8. The predicted octanol–water partition coefficient (Wildman–Crippen LogP) is 8.02. The maximum Gasteiger partial charge on any atom is 0.269 e. The van der Waals surface area contributed by atoms with Crippen molar-refractivity contribution in [2.75, 3.05) is 18.0 Å². The lowest BCUT2D eigenvalue weighted by molar-refractivity contribution is 0.105. The lowest BCUT2D eigenvalue weighted by Gasteiger charge is -2.24. The Kier molecular flexibility index (Phi) is 8.75. The van der Waals surface area contributed by atoms with Gasteiger partial charge in [-0.25, -0.2) is 0 Å². The molecule has 0 spiro atoms. The first kappa shape index (κ1) is 32.0. The van der Waals surface area contributed by atoms with Crippen molar-refractivity contribution >= 4 is 51.3 Å². The fourth-order valence-electron chi connectivity index (χ4n) is 6.91. The van der Waals surface area contributed by atoms with Crippen LogP contribution in [-0.2, 0) is 11.3 Å². The van der Waals surface area contributed by atoms with E-state index in [-0.39, 0.29) is 17.3 Å². The fourth-order valence-corrected chi connectivity index (χ4v) is 9.36. The smallest absolute Gasteiger partial charge is 0.269 e. The monoisotopic (exact) mass is 670 g/mol. The summed E-state index contributed by atoms with van der Waals surface area (Å²) in [5.41, 5.74) is 7.76. The highest BCUT2D eigenvalue weighted by molar-refractivity contribution is 8.03. The van der Waals surface area contributed by atoms with E-state index in [4.69, 9.17) is 4.74 Å². The molecule has 1 aliphatic carbocycles. The van der Waals surface area contributed by atoms with Crippen LogP contribution in [0.2, 0.25) is 0 Å². The summed E-state index contributed by atoms with van der Waals surface area (Å²) in [5.74, 6) is 1.13. The zero-order chi connectivity index (χ0) is 33.5. The van der Waals surface area contributed by atoms with Crippen molar-refractivity contribution in [2.24, 2.45) is 0 Å². The fraction of sp³-hybridized carbons (Fsp3) is 0.220. The van der Waals surface area contributed by atoms with Crippen LogP contribution in [-0.4, -0.2) is 23.4 Å². The molecule has 0 bridgehead atoms. The van der Waals surface area contributed by atoms with Crippen LogP contribution >= 0.6 is 23.1 Å². The van der Waals surface area contributed by atoms with Crippen LogP contribution in [0.5, 0.6) is 0 Å². The number of hydrogen-bond acceptors (Lipinski definition) is 6. The Bertz CT molecular complexity index is 2260. The van der Waals surface area contributed by atoms with Crippen LogP contribution in [0.1, 0.15) is 67.6 Å². The van der Waals surface area contributed by atoms with Gasteiger partial charge in [-0.2, -0.15) is 0 Å². The van der Waals surface area contributed by atoms with Crippen molar-refractivity contribution < 1.29 is 9.53 Å². The summed E-state index contributed by atoms with van der Waals surface area (Å²) >= 11 is 3.14. The number of allylic oxidation sites excluding steroid dienone is 6. The lowest BCUT2D eigenvalue weighted by atomic mass is 9.90. The van der Waals surface area contributed by atoms with Crippen LogP contribution in [0, 0.1) is 0 Å². The van der Waals surface area contributed by atoms with Crippen molar-refractivity contribution in [3.8, 4) is 0 Å². The highest BCUT2D eigenvalue weighted by atomic mass is 32.2. The molecule has 7 rings (SSSR count). The number of carbonyl (C=O) groups is 1. The van der Waals surface area contributed by atoms with E-state index in [0.717, 1.165) is 34.7 Å². The van der Waals surface area contributed by atoms with E-state index in [1.54, 1.807) is 16.3 Å². The second-order valence-electron chi connectivity index (χ2n) is 12.1. The molecule has 1 atom stereocenters. The standard InChI is InChI=1S/C41H38N2O3S2/c1-6-42(7-2)29-18-19-32-25(4)20-31(47-35(32)23-29)24-30-22-28(21-26(5)46-30)39-40(45)43(8-3)41(48-39)37-36(27-14-10-9-11-15-27)33-16-12-13-17-34(33)38(37)44/h9-24,36H,6-8H2,1-5H3/b31-24+,39-28-,41-37+. The summed E-state index contributed by atoms with van der Waals surface area (Å²) in [6.45, 7) is 12.8. The van der Waals surface area contributed by atoms with E-state index >= 15 is 0 Å². The van der Waals surface area contributed by atoms with Crippen LogP contribution in [0.4, 0.5) is 5.69 Å².